The largest absolute Gasteiger partial charge is 0.487 e. The van der Waals surface area contributed by atoms with Gasteiger partial charge in [0.1, 0.15) is 17.2 Å². The Kier molecular flexibility index (Phi) is 2.83. The summed E-state index contributed by atoms with van der Waals surface area (Å²) in [6.45, 7) is 0. The fourth-order valence-electron chi connectivity index (χ4n) is 2.83. The highest BCUT2D eigenvalue weighted by molar-refractivity contribution is 7.91. The van der Waals surface area contributed by atoms with E-state index in [1.807, 2.05) is 0 Å². The Labute approximate surface area is 111 Å². The fourth-order valence-corrected chi connectivity index (χ4v) is 4.40. The second kappa shape index (κ2) is 4.18. The first-order valence-corrected chi connectivity index (χ1v) is 8.08. The zero-order valence-electron chi connectivity index (χ0n) is 10.3. The molecule has 1 aromatic rings. The van der Waals surface area contributed by atoms with Crippen molar-refractivity contribution in [1.29, 1.82) is 0 Å². The number of hydrogen-bond acceptors (Lipinski definition) is 4. The van der Waals surface area contributed by atoms with E-state index in [1.165, 1.54) is 18.2 Å². The van der Waals surface area contributed by atoms with E-state index in [-0.39, 0.29) is 11.5 Å². The van der Waals surface area contributed by atoms with Crippen molar-refractivity contribution in [1.82, 2.24) is 0 Å². The molecule has 6 heteroatoms. The summed E-state index contributed by atoms with van der Waals surface area (Å²) in [6, 6.07) is 4.05. The molecule has 1 fully saturated rings. The highest BCUT2D eigenvalue weighted by Gasteiger charge is 2.44. The Morgan fingerprint density at radius 1 is 1.32 bits per heavy atom. The Bertz CT molecular complexity index is 597. The summed E-state index contributed by atoms with van der Waals surface area (Å²) in [7, 11) is -3.00. The van der Waals surface area contributed by atoms with E-state index in [4.69, 9.17) is 4.74 Å². The van der Waals surface area contributed by atoms with Gasteiger partial charge in [-0.1, -0.05) is 0 Å². The number of rotatable bonds is 0. The van der Waals surface area contributed by atoms with Crippen LogP contribution in [0, 0.1) is 5.82 Å². The van der Waals surface area contributed by atoms with Crippen LogP contribution in [0.1, 0.15) is 30.9 Å². The van der Waals surface area contributed by atoms with Gasteiger partial charge >= 0.3 is 0 Å². The van der Waals surface area contributed by atoms with Crippen molar-refractivity contribution in [2.24, 2.45) is 0 Å². The molecule has 0 radical (unpaired) electrons. The lowest BCUT2D eigenvalue weighted by molar-refractivity contribution is -0.0210. The highest BCUT2D eigenvalue weighted by Crippen LogP contribution is 2.44. The van der Waals surface area contributed by atoms with Crippen LogP contribution in [0.4, 0.5) is 4.39 Å². The fraction of sp³-hybridized carbons (Fsp3) is 0.538. The number of ether oxygens (including phenoxy) is 1. The van der Waals surface area contributed by atoms with Crippen LogP contribution in [0.25, 0.3) is 0 Å². The maximum absolute atomic E-state index is 13.2. The summed E-state index contributed by atoms with van der Waals surface area (Å²) >= 11 is 0. The molecule has 1 aromatic carbocycles. The van der Waals surface area contributed by atoms with Crippen molar-refractivity contribution >= 4 is 9.84 Å². The quantitative estimate of drug-likeness (QED) is 0.786. The standard InChI is InChI=1S/C13H15FO4S/c14-9-1-2-10-11(15)8-13(18-12(10)7-9)3-5-19(16,17)6-4-13/h1-2,7,11,15H,3-6,8H2/t11-/m0/s1. The molecule has 0 aromatic heterocycles. The molecule has 0 bridgehead atoms. The average Bonchev–Trinajstić information content (AvgIpc) is 2.33. The molecule has 2 aliphatic rings. The molecule has 3 rings (SSSR count). The SMILES string of the molecule is O=S1(=O)CCC2(CC1)C[C@H](O)c1ccc(F)cc1O2. The molecule has 2 heterocycles. The summed E-state index contributed by atoms with van der Waals surface area (Å²) in [5.41, 5.74) is -0.105. The lowest BCUT2D eigenvalue weighted by atomic mass is 9.84. The summed E-state index contributed by atoms with van der Waals surface area (Å²) in [4.78, 5) is 0. The molecule has 1 atom stereocenters. The summed E-state index contributed by atoms with van der Waals surface area (Å²) in [5, 5.41) is 10.1. The van der Waals surface area contributed by atoms with Crippen molar-refractivity contribution < 1.29 is 22.7 Å². The summed E-state index contributed by atoms with van der Waals surface area (Å²) < 4.78 is 42.0. The Hall–Kier alpha value is -1.14. The minimum atomic E-state index is -3.00. The number of aliphatic hydroxyl groups excluding tert-OH is 1. The molecule has 104 valence electrons. The van der Waals surface area contributed by atoms with Gasteiger partial charge in [0.25, 0.3) is 0 Å². The van der Waals surface area contributed by atoms with Crippen LogP contribution < -0.4 is 4.74 Å². The van der Waals surface area contributed by atoms with Gasteiger partial charge in [0, 0.05) is 30.9 Å². The lowest BCUT2D eigenvalue weighted by Gasteiger charge is -2.42. The van der Waals surface area contributed by atoms with E-state index in [2.05, 4.69) is 0 Å². The predicted molar refractivity (Wildman–Crippen MR) is 67.2 cm³/mol. The van der Waals surface area contributed by atoms with Crippen molar-refractivity contribution in [3.63, 3.8) is 0 Å². The minimum Gasteiger partial charge on any atom is -0.487 e. The molecular formula is C13H15FO4S. The van der Waals surface area contributed by atoms with Crippen LogP contribution >= 0.6 is 0 Å². The molecule has 1 spiro atoms. The highest BCUT2D eigenvalue weighted by atomic mass is 32.2. The molecule has 1 saturated heterocycles. The maximum Gasteiger partial charge on any atom is 0.150 e. The van der Waals surface area contributed by atoms with Gasteiger partial charge in [0.05, 0.1) is 17.6 Å². The molecule has 1 N–H and O–H groups in total. The van der Waals surface area contributed by atoms with Crippen molar-refractivity contribution in [3.05, 3.63) is 29.6 Å². The zero-order valence-corrected chi connectivity index (χ0v) is 11.1. The molecule has 0 amide bonds. The van der Waals surface area contributed by atoms with Crippen LogP contribution in [0.2, 0.25) is 0 Å². The Balaban J connectivity index is 1.92. The monoisotopic (exact) mass is 286 g/mol. The van der Waals surface area contributed by atoms with Crippen LogP contribution in [0.5, 0.6) is 5.75 Å². The third-order valence-electron chi connectivity index (χ3n) is 3.96. The summed E-state index contributed by atoms with van der Waals surface area (Å²) in [5.74, 6) is 0.0267. The van der Waals surface area contributed by atoms with Gasteiger partial charge in [-0.3, -0.25) is 0 Å². The second-order valence-corrected chi connectivity index (χ2v) is 7.64. The van der Waals surface area contributed by atoms with E-state index in [0.29, 0.717) is 30.6 Å². The van der Waals surface area contributed by atoms with Crippen molar-refractivity contribution in [2.75, 3.05) is 11.5 Å². The molecular weight excluding hydrogens is 271 g/mol. The first-order valence-electron chi connectivity index (χ1n) is 6.26. The maximum atomic E-state index is 13.2. The van der Waals surface area contributed by atoms with Crippen LogP contribution in [-0.2, 0) is 9.84 Å². The second-order valence-electron chi connectivity index (χ2n) is 5.34. The number of benzene rings is 1. The van der Waals surface area contributed by atoms with Gasteiger partial charge in [-0.05, 0) is 12.1 Å². The molecule has 2 aliphatic heterocycles. The Morgan fingerprint density at radius 2 is 2.00 bits per heavy atom. The molecule has 0 aliphatic carbocycles. The van der Waals surface area contributed by atoms with Gasteiger partial charge in [0.2, 0.25) is 0 Å². The van der Waals surface area contributed by atoms with Gasteiger partial charge in [-0.25, -0.2) is 12.8 Å². The molecule has 19 heavy (non-hydrogen) atoms. The number of fused-ring (bicyclic) bond motifs is 1. The third-order valence-corrected chi connectivity index (χ3v) is 5.62. The van der Waals surface area contributed by atoms with Gasteiger partial charge in [-0.2, -0.15) is 0 Å². The topological polar surface area (TPSA) is 63.6 Å². The smallest absolute Gasteiger partial charge is 0.150 e. The predicted octanol–water partition coefficient (Wildman–Crippen LogP) is 1.59. The first-order chi connectivity index (χ1) is 8.89. The van der Waals surface area contributed by atoms with Crippen LogP contribution in [0.15, 0.2) is 18.2 Å². The molecule has 0 saturated carbocycles. The van der Waals surface area contributed by atoms with Crippen LogP contribution in [-0.4, -0.2) is 30.6 Å². The van der Waals surface area contributed by atoms with Gasteiger partial charge in [-0.15, -0.1) is 0 Å². The molecule has 0 unspecified atom stereocenters. The number of sulfone groups is 1. The van der Waals surface area contributed by atoms with Gasteiger partial charge < -0.3 is 9.84 Å². The van der Waals surface area contributed by atoms with E-state index in [1.54, 1.807) is 0 Å². The van der Waals surface area contributed by atoms with E-state index < -0.39 is 27.4 Å². The van der Waals surface area contributed by atoms with Crippen molar-refractivity contribution in [2.45, 2.75) is 31.0 Å². The number of hydrogen-bond donors (Lipinski definition) is 1. The van der Waals surface area contributed by atoms with Gasteiger partial charge in [0.15, 0.2) is 9.84 Å². The van der Waals surface area contributed by atoms with E-state index in [0.717, 1.165) is 0 Å². The number of aliphatic hydroxyl groups is 1. The van der Waals surface area contributed by atoms with E-state index >= 15 is 0 Å². The van der Waals surface area contributed by atoms with Crippen LogP contribution in [0.3, 0.4) is 0 Å². The minimum absolute atomic E-state index is 0.0599. The third kappa shape index (κ3) is 2.34. The average molecular weight is 286 g/mol. The molecule has 4 nitrogen and oxygen atoms in total. The summed E-state index contributed by atoms with van der Waals surface area (Å²) in [6.07, 6.45) is 0.330. The first kappa shape index (κ1) is 12.9. The van der Waals surface area contributed by atoms with Crippen molar-refractivity contribution in [3.8, 4) is 5.75 Å². The number of halogens is 1. The Morgan fingerprint density at radius 3 is 2.68 bits per heavy atom. The van der Waals surface area contributed by atoms with E-state index in [9.17, 15) is 17.9 Å². The zero-order chi connectivity index (χ0) is 13.7. The normalized spacial score (nSPS) is 27.6. The lowest BCUT2D eigenvalue weighted by Crippen LogP contribution is -2.47.